The second-order valence-corrected chi connectivity index (χ2v) is 7.08. The lowest BCUT2D eigenvalue weighted by Crippen LogP contribution is -2.20. The van der Waals surface area contributed by atoms with Gasteiger partial charge in [-0.05, 0) is 19.3 Å². The number of ether oxygens (including phenoxy) is 1. The van der Waals surface area contributed by atoms with E-state index in [-0.39, 0.29) is 17.5 Å². The van der Waals surface area contributed by atoms with Crippen LogP contribution in [0.1, 0.15) is 96.8 Å². The first-order valence-electron chi connectivity index (χ1n) is 9.50. The van der Waals surface area contributed by atoms with Crippen LogP contribution in [0.2, 0.25) is 0 Å². The molecule has 0 aromatic carbocycles. The first-order valence-corrected chi connectivity index (χ1v) is 9.94. The van der Waals surface area contributed by atoms with Gasteiger partial charge in [0, 0.05) is 6.42 Å². The standard InChI is InChI=1S/C19H37ClO3/c1-3-4-5-6-8-11-14-17(20)18(21)15-12-9-7-10-13-16-19(22)23-2/h17-18,21H,3-16H2,1-2H3/t17-,18+/m0/s1. The molecule has 23 heavy (non-hydrogen) atoms. The Morgan fingerprint density at radius 1 is 0.913 bits per heavy atom. The largest absolute Gasteiger partial charge is 0.469 e. The Kier molecular flexibility index (Phi) is 16.4. The summed E-state index contributed by atoms with van der Waals surface area (Å²) in [6, 6.07) is 0. The van der Waals surface area contributed by atoms with Gasteiger partial charge in [-0.2, -0.15) is 0 Å². The van der Waals surface area contributed by atoms with Crippen LogP contribution in [0.4, 0.5) is 0 Å². The van der Waals surface area contributed by atoms with Gasteiger partial charge in [-0.15, -0.1) is 11.6 Å². The third-order valence-electron chi connectivity index (χ3n) is 4.36. The fraction of sp³-hybridized carbons (Fsp3) is 0.947. The molecule has 0 rings (SSSR count). The van der Waals surface area contributed by atoms with Crippen LogP contribution < -0.4 is 0 Å². The monoisotopic (exact) mass is 348 g/mol. The van der Waals surface area contributed by atoms with Crippen LogP contribution in [-0.2, 0) is 9.53 Å². The quantitative estimate of drug-likeness (QED) is 0.224. The number of aliphatic hydroxyl groups excluding tert-OH is 1. The Hall–Kier alpha value is -0.280. The summed E-state index contributed by atoms with van der Waals surface area (Å²) in [5.41, 5.74) is 0. The predicted octanol–water partition coefficient (Wildman–Crippen LogP) is 5.61. The molecule has 138 valence electrons. The van der Waals surface area contributed by atoms with Gasteiger partial charge in [0.05, 0.1) is 18.6 Å². The van der Waals surface area contributed by atoms with Crippen molar-refractivity contribution in [3.8, 4) is 0 Å². The van der Waals surface area contributed by atoms with Crippen molar-refractivity contribution in [1.82, 2.24) is 0 Å². The number of halogens is 1. The van der Waals surface area contributed by atoms with Crippen molar-refractivity contribution in [2.75, 3.05) is 7.11 Å². The van der Waals surface area contributed by atoms with Crippen molar-refractivity contribution in [3.63, 3.8) is 0 Å². The number of methoxy groups -OCH3 is 1. The summed E-state index contributed by atoms with van der Waals surface area (Å²) in [6.07, 6.45) is 14.6. The van der Waals surface area contributed by atoms with Gasteiger partial charge in [0.2, 0.25) is 0 Å². The van der Waals surface area contributed by atoms with E-state index >= 15 is 0 Å². The van der Waals surface area contributed by atoms with Gasteiger partial charge in [0.1, 0.15) is 0 Å². The molecule has 1 N–H and O–H groups in total. The fourth-order valence-electron chi connectivity index (χ4n) is 2.75. The molecule has 2 atom stereocenters. The molecule has 0 radical (unpaired) electrons. The zero-order chi connectivity index (χ0) is 17.3. The van der Waals surface area contributed by atoms with Crippen LogP contribution in [0.5, 0.6) is 0 Å². The minimum atomic E-state index is -0.373. The summed E-state index contributed by atoms with van der Waals surface area (Å²) >= 11 is 6.28. The smallest absolute Gasteiger partial charge is 0.305 e. The molecular formula is C19H37ClO3. The van der Waals surface area contributed by atoms with E-state index < -0.39 is 0 Å². The minimum absolute atomic E-state index is 0.0968. The zero-order valence-electron chi connectivity index (χ0n) is 15.2. The summed E-state index contributed by atoms with van der Waals surface area (Å²) in [4.78, 5) is 11.0. The maximum absolute atomic E-state index is 11.0. The highest BCUT2D eigenvalue weighted by Gasteiger charge is 2.15. The summed E-state index contributed by atoms with van der Waals surface area (Å²) in [6.45, 7) is 2.23. The Balaban J connectivity index is 3.40. The highest BCUT2D eigenvalue weighted by atomic mass is 35.5. The van der Waals surface area contributed by atoms with Gasteiger partial charge in [0.15, 0.2) is 0 Å². The van der Waals surface area contributed by atoms with Crippen molar-refractivity contribution in [2.24, 2.45) is 0 Å². The number of rotatable bonds is 16. The van der Waals surface area contributed by atoms with Gasteiger partial charge in [-0.3, -0.25) is 4.79 Å². The number of unbranched alkanes of at least 4 members (excludes halogenated alkanes) is 9. The summed E-state index contributed by atoms with van der Waals surface area (Å²) in [5.74, 6) is -0.125. The second kappa shape index (κ2) is 16.6. The topological polar surface area (TPSA) is 46.5 Å². The number of hydrogen-bond donors (Lipinski definition) is 1. The molecule has 0 unspecified atom stereocenters. The van der Waals surface area contributed by atoms with Gasteiger partial charge in [-0.25, -0.2) is 0 Å². The summed E-state index contributed by atoms with van der Waals surface area (Å²) in [5, 5.41) is 9.98. The number of esters is 1. The Labute approximate surface area is 148 Å². The first kappa shape index (κ1) is 22.7. The van der Waals surface area contributed by atoms with E-state index in [4.69, 9.17) is 11.6 Å². The lowest BCUT2D eigenvalue weighted by atomic mass is 10.0. The fourth-order valence-corrected chi connectivity index (χ4v) is 3.03. The van der Waals surface area contributed by atoms with Crippen LogP contribution in [-0.4, -0.2) is 29.7 Å². The van der Waals surface area contributed by atoms with Gasteiger partial charge < -0.3 is 9.84 Å². The lowest BCUT2D eigenvalue weighted by molar-refractivity contribution is -0.140. The molecule has 0 spiro atoms. The average Bonchev–Trinajstić information content (AvgIpc) is 2.56. The summed E-state index contributed by atoms with van der Waals surface area (Å²) < 4.78 is 4.61. The normalized spacial score (nSPS) is 13.7. The van der Waals surface area contributed by atoms with Crippen molar-refractivity contribution in [1.29, 1.82) is 0 Å². The molecule has 0 aromatic heterocycles. The molecule has 4 heteroatoms. The molecule has 3 nitrogen and oxygen atoms in total. The summed E-state index contributed by atoms with van der Waals surface area (Å²) in [7, 11) is 1.43. The predicted molar refractivity (Wildman–Crippen MR) is 98.0 cm³/mol. The lowest BCUT2D eigenvalue weighted by Gasteiger charge is -2.16. The van der Waals surface area contributed by atoms with E-state index in [9.17, 15) is 9.90 Å². The van der Waals surface area contributed by atoms with E-state index in [1.54, 1.807) is 0 Å². The van der Waals surface area contributed by atoms with Crippen molar-refractivity contribution in [2.45, 2.75) is 108 Å². The van der Waals surface area contributed by atoms with Crippen molar-refractivity contribution < 1.29 is 14.6 Å². The maximum Gasteiger partial charge on any atom is 0.305 e. The van der Waals surface area contributed by atoms with E-state index in [1.807, 2.05) is 0 Å². The van der Waals surface area contributed by atoms with Gasteiger partial charge in [-0.1, -0.05) is 71.1 Å². The third-order valence-corrected chi connectivity index (χ3v) is 4.87. The zero-order valence-corrected chi connectivity index (χ0v) is 16.0. The number of hydrogen-bond acceptors (Lipinski definition) is 3. The van der Waals surface area contributed by atoms with Crippen LogP contribution in [0.15, 0.2) is 0 Å². The average molecular weight is 349 g/mol. The minimum Gasteiger partial charge on any atom is -0.469 e. The molecular weight excluding hydrogens is 312 g/mol. The van der Waals surface area contributed by atoms with Crippen LogP contribution in [0, 0.1) is 0 Å². The highest BCUT2D eigenvalue weighted by molar-refractivity contribution is 6.21. The van der Waals surface area contributed by atoms with E-state index in [1.165, 1.54) is 39.2 Å². The van der Waals surface area contributed by atoms with Crippen LogP contribution in [0.25, 0.3) is 0 Å². The molecule has 0 aliphatic rings. The first-order chi connectivity index (χ1) is 11.1. The molecule has 0 bridgehead atoms. The van der Waals surface area contributed by atoms with Gasteiger partial charge in [0.25, 0.3) is 0 Å². The SMILES string of the molecule is CCCCCCCC[C@H](Cl)[C@H](O)CCCCCCCC(=O)OC. The number of carbonyl (C=O) groups excluding carboxylic acids is 1. The molecule has 0 fully saturated rings. The second-order valence-electron chi connectivity index (χ2n) is 6.52. The Morgan fingerprint density at radius 3 is 2.04 bits per heavy atom. The van der Waals surface area contributed by atoms with Crippen molar-refractivity contribution in [3.05, 3.63) is 0 Å². The molecule has 0 aliphatic carbocycles. The molecule has 0 saturated heterocycles. The molecule has 0 heterocycles. The Morgan fingerprint density at radius 2 is 1.43 bits per heavy atom. The highest BCUT2D eigenvalue weighted by Crippen LogP contribution is 2.19. The van der Waals surface area contributed by atoms with Crippen LogP contribution >= 0.6 is 11.6 Å². The molecule has 0 amide bonds. The Bertz CT molecular complexity index is 271. The van der Waals surface area contributed by atoms with Crippen molar-refractivity contribution >= 4 is 17.6 Å². The number of carbonyl (C=O) groups is 1. The molecule has 0 aromatic rings. The van der Waals surface area contributed by atoms with E-state index in [2.05, 4.69) is 11.7 Å². The number of alkyl halides is 1. The van der Waals surface area contributed by atoms with Crippen LogP contribution in [0.3, 0.4) is 0 Å². The molecule has 0 aliphatic heterocycles. The maximum atomic E-state index is 11.0. The van der Waals surface area contributed by atoms with E-state index in [0.717, 1.165) is 51.4 Å². The van der Waals surface area contributed by atoms with E-state index in [0.29, 0.717) is 6.42 Å². The third kappa shape index (κ3) is 15.0. The van der Waals surface area contributed by atoms with Gasteiger partial charge >= 0.3 is 5.97 Å². The molecule has 0 saturated carbocycles. The number of aliphatic hydroxyl groups is 1.